The van der Waals surface area contributed by atoms with E-state index < -0.39 is 0 Å². The Kier molecular flexibility index (Phi) is 4.91. The third-order valence-electron chi connectivity index (χ3n) is 2.15. The van der Waals surface area contributed by atoms with Gasteiger partial charge in [0, 0.05) is 25.5 Å². The standard InChI is InChI=1S/C11H18N2OS/c1-12(2)7-8-15-9-11(14)10-5-4-6-13(10)3/h4-6H,7-9H2,1-3H3. The Balaban J connectivity index is 2.28. The molecule has 84 valence electrons. The maximum atomic E-state index is 11.7. The molecule has 0 aliphatic rings. The fraction of sp³-hybridized carbons (Fsp3) is 0.545. The predicted molar refractivity (Wildman–Crippen MR) is 65.6 cm³/mol. The average molecular weight is 226 g/mol. The normalized spacial score (nSPS) is 10.9. The van der Waals surface area contributed by atoms with Crippen LogP contribution in [0.2, 0.25) is 0 Å². The quantitative estimate of drug-likeness (QED) is 0.543. The lowest BCUT2D eigenvalue weighted by molar-refractivity contribution is 0.101. The van der Waals surface area contributed by atoms with Crippen LogP contribution in [0.3, 0.4) is 0 Å². The number of rotatable bonds is 6. The molecule has 1 heterocycles. The number of thioether (sulfide) groups is 1. The van der Waals surface area contributed by atoms with E-state index in [-0.39, 0.29) is 5.78 Å². The largest absolute Gasteiger partial charge is 0.348 e. The highest BCUT2D eigenvalue weighted by Crippen LogP contribution is 2.07. The minimum Gasteiger partial charge on any atom is -0.348 e. The van der Waals surface area contributed by atoms with Crippen molar-refractivity contribution in [2.45, 2.75) is 0 Å². The lowest BCUT2D eigenvalue weighted by atomic mass is 10.3. The molecule has 0 N–H and O–H groups in total. The molecule has 1 aromatic rings. The van der Waals surface area contributed by atoms with Gasteiger partial charge in [-0.15, -0.1) is 0 Å². The average Bonchev–Trinajstić information content (AvgIpc) is 2.58. The van der Waals surface area contributed by atoms with Gasteiger partial charge in [0.05, 0.1) is 11.4 Å². The van der Waals surface area contributed by atoms with Crippen LogP contribution in [0.1, 0.15) is 10.5 Å². The molecular formula is C11H18N2OS. The van der Waals surface area contributed by atoms with Gasteiger partial charge in [-0.1, -0.05) is 0 Å². The summed E-state index contributed by atoms with van der Waals surface area (Å²) in [4.78, 5) is 13.8. The van der Waals surface area contributed by atoms with E-state index >= 15 is 0 Å². The van der Waals surface area contributed by atoms with Gasteiger partial charge in [0.25, 0.3) is 0 Å². The first-order valence-electron chi connectivity index (χ1n) is 4.98. The number of carbonyl (C=O) groups is 1. The number of hydrogen-bond acceptors (Lipinski definition) is 3. The Labute approximate surface area is 95.4 Å². The van der Waals surface area contributed by atoms with Crippen LogP contribution in [0.25, 0.3) is 0 Å². The number of carbonyl (C=O) groups excluding carboxylic acids is 1. The lowest BCUT2D eigenvalue weighted by Crippen LogP contribution is -2.16. The molecular weight excluding hydrogens is 208 g/mol. The molecule has 0 radical (unpaired) electrons. The summed E-state index contributed by atoms with van der Waals surface area (Å²) in [5.41, 5.74) is 0.798. The van der Waals surface area contributed by atoms with E-state index in [9.17, 15) is 4.79 Å². The first-order valence-corrected chi connectivity index (χ1v) is 6.13. The molecule has 0 aliphatic carbocycles. The minimum absolute atomic E-state index is 0.214. The van der Waals surface area contributed by atoms with E-state index in [0.29, 0.717) is 5.75 Å². The molecule has 3 nitrogen and oxygen atoms in total. The molecule has 0 fully saturated rings. The molecule has 1 rings (SSSR count). The second kappa shape index (κ2) is 5.98. The Hall–Kier alpha value is -0.740. The number of aromatic nitrogens is 1. The third-order valence-corrected chi connectivity index (χ3v) is 3.08. The number of hydrogen-bond donors (Lipinski definition) is 0. The zero-order chi connectivity index (χ0) is 11.3. The van der Waals surface area contributed by atoms with Crippen LogP contribution >= 0.6 is 11.8 Å². The Morgan fingerprint density at radius 1 is 1.53 bits per heavy atom. The van der Waals surface area contributed by atoms with Gasteiger partial charge in [-0.05, 0) is 26.2 Å². The van der Waals surface area contributed by atoms with Gasteiger partial charge in [-0.3, -0.25) is 4.79 Å². The Morgan fingerprint density at radius 2 is 2.27 bits per heavy atom. The molecule has 4 heteroatoms. The molecule has 0 aliphatic heterocycles. The van der Waals surface area contributed by atoms with Crippen molar-refractivity contribution in [3.63, 3.8) is 0 Å². The SMILES string of the molecule is CN(C)CCSCC(=O)c1cccn1C. The Morgan fingerprint density at radius 3 is 2.80 bits per heavy atom. The highest BCUT2D eigenvalue weighted by molar-refractivity contribution is 8.00. The van der Waals surface area contributed by atoms with Crippen molar-refractivity contribution >= 4 is 17.5 Å². The maximum absolute atomic E-state index is 11.7. The van der Waals surface area contributed by atoms with Crippen LogP contribution in [0, 0.1) is 0 Å². The van der Waals surface area contributed by atoms with Gasteiger partial charge in [0.2, 0.25) is 0 Å². The molecule has 1 aromatic heterocycles. The van der Waals surface area contributed by atoms with Crippen molar-refractivity contribution in [3.05, 3.63) is 24.0 Å². The van der Waals surface area contributed by atoms with Crippen LogP contribution in [0.15, 0.2) is 18.3 Å². The van der Waals surface area contributed by atoms with Gasteiger partial charge in [-0.25, -0.2) is 0 Å². The fourth-order valence-corrected chi connectivity index (χ4v) is 2.21. The molecule has 0 saturated carbocycles. The van der Waals surface area contributed by atoms with Crippen LogP contribution in [-0.2, 0) is 7.05 Å². The fourth-order valence-electron chi connectivity index (χ4n) is 1.24. The molecule has 15 heavy (non-hydrogen) atoms. The number of ketones is 1. The second-order valence-electron chi connectivity index (χ2n) is 3.78. The monoisotopic (exact) mass is 226 g/mol. The summed E-state index contributed by atoms with van der Waals surface area (Å²) in [6.45, 7) is 1.02. The molecule has 0 bridgehead atoms. The van der Waals surface area contributed by atoms with E-state index in [4.69, 9.17) is 0 Å². The highest BCUT2D eigenvalue weighted by atomic mass is 32.2. The topological polar surface area (TPSA) is 25.2 Å². The summed E-state index contributed by atoms with van der Waals surface area (Å²) in [7, 11) is 5.98. The van der Waals surface area contributed by atoms with Gasteiger partial charge >= 0.3 is 0 Å². The summed E-state index contributed by atoms with van der Waals surface area (Å²) >= 11 is 1.69. The van der Waals surface area contributed by atoms with Gasteiger partial charge in [0.15, 0.2) is 5.78 Å². The van der Waals surface area contributed by atoms with E-state index in [0.717, 1.165) is 18.0 Å². The third kappa shape index (κ3) is 4.10. The second-order valence-corrected chi connectivity index (χ2v) is 4.89. The summed E-state index contributed by atoms with van der Waals surface area (Å²) in [6, 6.07) is 3.77. The predicted octanol–water partition coefficient (Wildman–Crippen LogP) is 1.50. The molecule has 0 unspecified atom stereocenters. The van der Waals surface area contributed by atoms with Crippen molar-refractivity contribution in [1.82, 2.24) is 9.47 Å². The van der Waals surface area contributed by atoms with E-state index in [1.807, 2.05) is 44.0 Å². The van der Waals surface area contributed by atoms with Crippen molar-refractivity contribution in [3.8, 4) is 0 Å². The molecule has 0 saturated heterocycles. The zero-order valence-corrected chi connectivity index (χ0v) is 10.4. The maximum Gasteiger partial charge on any atom is 0.189 e. The van der Waals surface area contributed by atoms with Crippen LogP contribution in [0.5, 0.6) is 0 Å². The highest BCUT2D eigenvalue weighted by Gasteiger charge is 2.08. The summed E-state index contributed by atoms with van der Waals surface area (Å²) in [6.07, 6.45) is 1.90. The smallest absolute Gasteiger partial charge is 0.189 e. The van der Waals surface area contributed by atoms with Crippen molar-refractivity contribution in [1.29, 1.82) is 0 Å². The summed E-state index contributed by atoms with van der Waals surface area (Å²) < 4.78 is 1.87. The van der Waals surface area contributed by atoms with Crippen LogP contribution < -0.4 is 0 Å². The number of Topliss-reactive ketones (excluding diaryl/α,β-unsaturated/α-hetero) is 1. The van der Waals surface area contributed by atoms with E-state index in [1.54, 1.807) is 11.8 Å². The number of aryl methyl sites for hydroxylation is 1. The molecule has 0 amide bonds. The summed E-state index contributed by atoms with van der Waals surface area (Å²) in [5.74, 6) is 1.79. The van der Waals surface area contributed by atoms with Gasteiger partial charge in [0.1, 0.15) is 0 Å². The first-order chi connectivity index (χ1) is 7.11. The number of nitrogens with zero attached hydrogens (tertiary/aromatic N) is 2. The van der Waals surface area contributed by atoms with Crippen molar-refractivity contribution in [2.24, 2.45) is 7.05 Å². The zero-order valence-electron chi connectivity index (χ0n) is 9.56. The lowest BCUT2D eigenvalue weighted by Gasteiger charge is -2.08. The van der Waals surface area contributed by atoms with Crippen LogP contribution in [-0.4, -0.2) is 47.4 Å². The van der Waals surface area contributed by atoms with Gasteiger partial charge in [-0.2, -0.15) is 11.8 Å². The van der Waals surface area contributed by atoms with Crippen LogP contribution in [0.4, 0.5) is 0 Å². The summed E-state index contributed by atoms with van der Waals surface area (Å²) in [5, 5.41) is 0. The van der Waals surface area contributed by atoms with E-state index in [1.165, 1.54) is 0 Å². The first kappa shape index (κ1) is 12.3. The van der Waals surface area contributed by atoms with Crippen molar-refractivity contribution in [2.75, 3.05) is 32.1 Å². The molecule has 0 aromatic carbocycles. The molecule has 0 atom stereocenters. The molecule has 0 spiro atoms. The van der Waals surface area contributed by atoms with Gasteiger partial charge < -0.3 is 9.47 Å². The minimum atomic E-state index is 0.214. The van der Waals surface area contributed by atoms with Crippen molar-refractivity contribution < 1.29 is 4.79 Å². The van der Waals surface area contributed by atoms with E-state index in [2.05, 4.69) is 4.90 Å². The Bertz CT molecular complexity index is 320.